The number of pyridine rings is 1. The average Bonchev–Trinajstić information content (AvgIpc) is 3.54. The summed E-state index contributed by atoms with van der Waals surface area (Å²) in [7, 11) is 0. The van der Waals surface area contributed by atoms with E-state index in [0.717, 1.165) is 45.8 Å². The van der Waals surface area contributed by atoms with E-state index in [9.17, 15) is 4.79 Å². The summed E-state index contributed by atoms with van der Waals surface area (Å²) in [4.78, 5) is 24.4. The summed E-state index contributed by atoms with van der Waals surface area (Å²) in [6.07, 6.45) is 3.91. The number of aliphatic imine (C=N–C) groups is 1. The normalized spacial score (nSPS) is 17.3. The minimum atomic E-state index is -0.750. The number of H-pyrrole nitrogens is 1. The Morgan fingerprint density at radius 3 is 2.71 bits per heavy atom. The number of carbonyl (C=O) groups excluding carboxylic acids is 1. The Morgan fingerprint density at radius 2 is 2.00 bits per heavy atom. The summed E-state index contributed by atoms with van der Waals surface area (Å²) in [6, 6.07) is 9.77. The van der Waals surface area contributed by atoms with Crippen LogP contribution in [0, 0.1) is 6.92 Å². The number of thioether (sulfide) groups is 1. The van der Waals surface area contributed by atoms with Crippen LogP contribution < -0.4 is 9.47 Å². The zero-order chi connectivity index (χ0) is 26.9. The van der Waals surface area contributed by atoms with Gasteiger partial charge in [-0.05, 0) is 31.5 Å². The Hall–Kier alpha value is -3.22. The van der Waals surface area contributed by atoms with Gasteiger partial charge in [0.05, 0.1) is 44.0 Å². The van der Waals surface area contributed by atoms with Crippen LogP contribution in [0.2, 0.25) is 0 Å². The Balaban J connectivity index is 0.00000107. The molecule has 2 aliphatic heterocycles. The van der Waals surface area contributed by atoms with Crippen molar-refractivity contribution in [3.05, 3.63) is 47.8 Å². The lowest BCUT2D eigenvalue weighted by Crippen LogP contribution is -2.25. The number of aromatic amines is 1. The van der Waals surface area contributed by atoms with E-state index in [1.165, 1.54) is 0 Å². The summed E-state index contributed by atoms with van der Waals surface area (Å²) in [5, 5.41) is 1.93. The highest BCUT2D eigenvalue weighted by Crippen LogP contribution is 2.37. The summed E-state index contributed by atoms with van der Waals surface area (Å²) >= 11 is 0.852. The molecule has 1 N–H and O–H groups in total. The monoisotopic (exact) mass is 559 g/mol. The van der Waals surface area contributed by atoms with Gasteiger partial charge in [0.1, 0.15) is 22.6 Å². The molecular formula is C26H29N3O7S2. The molecule has 4 heterocycles. The lowest BCUT2D eigenvalue weighted by Gasteiger charge is -2.23. The maximum absolute atomic E-state index is 11.9. The third-order valence-electron chi connectivity index (χ3n) is 5.88. The van der Waals surface area contributed by atoms with Crippen LogP contribution in [0.5, 0.6) is 17.4 Å². The van der Waals surface area contributed by atoms with E-state index in [2.05, 4.69) is 21.0 Å². The summed E-state index contributed by atoms with van der Waals surface area (Å²) in [5.41, 5.74) is 2.87. The highest BCUT2D eigenvalue weighted by atomic mass is 32.2. The second-order valence-corrected chi connectivity index (χ2v) is 10.2. The van der Waals surface area contributed by atoms with Crippen molar-refractivity contribution in [2.75, 3.05) is 26.4 Å². The van der Waals surface area contributed by atoms with Crippen molar-refractivity contribution in [2.45, 2.75) is 44.5 Å². The molecule has 1 unspecified atom stereocenters. The molecule has 1 fully saturated rings. The number of esters is 1. The zero-order valence-corrected chi connectivity index (χ0v) is 22.8. The number of hydrogen-bond donors (Lipinski definition) is 1. The third-order valence-corrected chi connectivity index (χ3v) is 7.10. The molecule has 3 aromatic rings. The maximum Gasteiger partial charge on any atom is 0.335 e. The fraction of sp³-hybridized carbons (Fsp3) is 0.423. The molecule has 2 aliphatic rings. The average molecular weight is 560 g/mol. The zero-order valence-electron chi connectivity index (χ0n) is 21.1. The Labute approximate surface area is 228 Å². The van der Waals surface area contributed by atoms with Gasteiger partial charge in [-0.2, -0.15) is 8.42 Å². The van der Waals surface area contributed by atoms with Crippen LogP contribution in [-0.4, -0.2) is 67.1 Å². The number of benzene rings is 1. The first-order valence-corrected chi connectivity index (χ1v) is 13.8. The van der Waals surface area contributed by atoms with E-state index >= 15 is 0 Å². The van der Waals surface area contributed by atoms with Crippen LogP contribution in [0.15, 0.2) is 41.5 Å². The highest BCUT2D eigenvalue weighted by molar-refractivity contribution is 8.15. The Bertz CT molecular complexity index is 1310. The van der Waals surface area contributed by atoms with Crippen molar-refractivity contribution in [3.63, 3.8) is 0 Å². The van der Waals surface area contributed by atoms with Crippen molar-refractivity contribution in [1.82, 2.24) is 9.97 Å². The van der Waals surface area contributed by atoms with E-state index in [0.29, 0.717) is 44.4 Å². The first-order chi connectivity index (χ1) is 18.5. The van der Waals surface area contributed by atoms with Gasteiger partial charge in [0.15, 0.2) is 0 Å². The molecule has 12 heteroatoms. The minimum absolute atomic E-state index is 0.0820. The fourth-order valence-corrected chi connectivity index (χ4v) is 5.21. The second-order valence-electron chi connectivity index (χ2n) is 8.74. The number of aromatic nitrogens is 2. The second kappa shape index (κ2) is 13.5. The van der Waals surface area contributed by atoms with E-state index in [-0.39, 0.29) is 17.3 Å². The van der Waals surface area contributed by atoms with Crippen molar-refractivity contribution in [2.24, 2.45) is 4.99 Å². The van der Waals surface area contributed by atoms with Gasteiger partial charge < -0.3 is 23.9 Å². The van der Waals surface area contributed by atoms with Crippen LogP contribution in [-0.2, 0) is 25.8 Å². The molecule has 202 valence electrons. The SMILES string of the molecule is CCOC(=O)CC1CN=C(c2cc3cc(Oc4ccc(C)cn4)cc(OC4CCOCC4)c3[nH]2)S1.O=S=O. The fourth-order valence-electron chi connectivity index (χ4n) is 4.14. The molecule has 0 bridgehead atoms. The molecule has 5 rings (SSSR count). The van der Waals surface area contributed by atoms with Crippen molar-refractivity contribution in [3.8, 4) is 17.4 Å². The summed E-state index contributed by atoms with van der Waals surface area (Å²) in [5.74, 6) is 1.73. The van der Waals surface area contributed by atoms with E-state index < -0.39 is 11.6 Å². The van der Waals surface area contributed by atoms with Crippen LogP contribution in [0.25, 0.3) is 10.9 Å². The van der Waals surface area contributed by atoms with Crippen LogP contribution in [0.4, 0.5) is 0 Å². The number of aryl methyl sites for hydroxylation is 1. The van der Waals surface area contributed by atoms with Crippen molar-refractivity contribution in [1.29, 1.82) is 0 Å². The van der Waals surface area contributed by atoms with Gasteiger partial charge in [-0.3, -0.25) is 9.79 Å². The Kier molecular flexibility index (Phi) is 9.91. The predicted molar refractivity (Wildman–Crippen MR) is 145 cm³/mol. The minimum Gasteiger partial charge on any atom is -0.488 e. The largest absolute Gasteiger partial charge is 0.488 e. The van der Waals surface area contributed by atoms with Gasteiger partial charge in [0, 0.05) is 41.8 Å². The third kappa shape index (κ3) is 7.42. The van der Waals surface area contributed by atoms with Gasteiger partial charge in [0.2, 0.25) is 5.88 Å². The molecule has 38 heavy (non-hydrogen) atoms. The van der Waals surface area contributed by atoms with Gasteiger partial charge in [-0.15, -0.1) is 0 Å². The first kappa shape index (κ1) is 27.8. The number of nitrogens with zero attached hydrogens (tertiary/aromatic N) is 2. The standard InChI is InChI=1S/C26H29N3O5S.O2S/c1-3-32-24(30)13-20-15-28-26(35-20)21-11-17-10-19(34-23-5-4-16(2)14-27-23)12-22(25(17)29-21)33-18-6-8-31-9-7-18;1-3-2/h4-5,10-12,14,18,20,29H,3,6-9,13,15H2,1-2H3;. The van der Waals surface area contributed by atoms with E-state index in [1.807, 2.05) is 38.1 Å². The number of hydrogen-bond acceptors (Lipinski definition) is 10. The molecule has 0 spiro atoms. The predicted octanol–water partition coefficient (Wildman–Crippen LogP) is 4.37. The van der Waals surface area contributed by atoms with Crippen molar-refractivity contribution >= 4 is 45.2 Å². The van der Waals surface area contributed by atoms with Crippen LogP contribution >= 0.6 is 11.8 Å². The molecule has 0 saturated carbocycles. The van der Waals surface area contributed by atoms with Gasteiger partial charge in [0.25, 0.3) is 0 Å². The molecule has 1 aromatic carbocycles. The van der Waals surface area contributed by atoms with E-state index in [4.69, 9.17) is 27.4 Å². The molecule has 0 radical (unpaired) electrons. The summed E-state index contributed by atoms with van der Waals surface area (Å²) in [6.45, 7) is 6.19. The lowest BCUT2D eigenvalue weighted by molar-refractivity contribution is -0.143. The van der Waals surface area contributed by atoms with Gasteiger partial charge in [-0.1, -0.05) is 17.8 Å². The molecule has 1 atom stereocenters. The van der Waals surface area contributed by atoms with Crippen LogP contribution in [0.3, 0.4) is 0 Å². The number of ether oxygens (including phenoxy) is 4. The van der Waals surface area contributed by atoms with Crippen molar-refractivity contribution < 1.29 is 32.2 Å². The highest BCUT2D eigenvalue weighted by Gasteiger charge is 2.26. The lowest BCUT2D eigenvalue weighted by atomic mass is 10.1. The quantitative estimate of drug-likeness (QED) is 0.400. The molecular weight excluding hydrogens is 530 g/mol. The molecule has 0 aliphatic carbocycles. The topological polar surface area (TPSA) is 129 Å². The van der Waals surface area contributed by atoms with Crippen LogP contribution in [0.1, 0.15) is 37.4 Å². The molecule has 2 aromatic heterocycles. The number of carbonyl (C=O) groups is 1. The molecule has 0 amide bonds. The summed E-state index contributed by atoms with van der Waals surface area (Å²) < 4.78 is 39.7. The number of fused-ring (bicyclic) bond motifs is 1. The molecule has 10 nitrogen and oxygen atoms in total. The first-order valence-electron chi connectivity index (χ1n) is 12.3. The Morgan fingerprint density at radius 1 is 1.21 bits per heavy atom. The molecule has 1 saturated heterocycles. The maximum atomic E-state index is 11.9. The van der Waals surface area contributed by atoms with E-state index in [1.54, 1.807) is 18.0 Å². The van der Waals surface area contributed by atoms with Gasteiger partial charge in [-0.25, -0.2) is 4.98 Å². The smallest absolute Gasteiger partial charge is 0.335 e. The van der Waals surface area contributed by atoms with Gasteiger partial charge >= 0.3 is 17.5 Å². The number of rotatable bonds is 8. The number of nitrogens with one attached hydrogen (secondary N) is 1.